The Balaban J connectivity index is 2.27. The van der Waals surface area contributed by atoms with Gasteiger partial charge in [0.05, 0.1) is 7.11 Å². The summed E-state index contributed by atoms with van der Waals surface area (Å²) in [5.74, 6) is 0.478. The molecular weight excluding hydrogens is 260 g/mol. The Hall–Kier alpha value is -1.16. The number of rotatable bonds is 3. The highest BCUT2D eigenvalue weighted by atomic mass is 32.1. The molecular formula is C15H20O3S. The summed E-state index contributed by atoms with van der Waals surface area (Å²) < 4.78 is 11.0. The molecule has 0 heterocycles. The molecule has 1 aromatic rings. The first-order chi connectivity index (χ1) is 9.07. The van der Waals surface area contributed by atoms with Crippen molar-refractivity contribution in [1.82, 2.24) is 0 Å². The number of esters is 1. The van der Waals surface area contributed by atoms with Crippen LogP contribution in [0.5, 0.6) is 5.75 Å². The highest BCUT2D eigenvalue weighted by molar-refractivity contribution is 7.80. The normalized spacial score (nSPS) is 17.8. The lowest BCUT2D eigenvalue weighted by atomic mass is 9.84. The SMILES string of the molecule is COC(=O)C1(Oc2ccc(S)cc2C)CCCCC1. The summed E-state index contributed by atoms with van der Waals surface area (Å²) in [5, 5.41) is 0. The first-order valence-corrected chi connectivity index (χ1v) is 7.09. The molecule has 3 nitrogen and oxygen atoms in total. The molecule has 4 heteroatoms. The van der Waals surface area contributed by atoms with Crippen molar-refractivity contribution in [3.05, 3.63) is 23.8 Å². The number of methoxy groups -OCH3 is 1. The fraction of sp³-hybridized carbons (Fsp3) is 0.533. The van der Waals surface area contributed by atoms with Gasteiger partial charge >= 0.3 is 5.97 Å². The van der Waals surface area contributed by atoms with Crippen LogP contribution < -0.4 is 4.74 Å². The van der Waals surface area contributed by atoms with E-state index >= 15 is 0 Å². The van der Waals surface area contributed by atoms with E-state index in [0.717, 1.165) is 48.3 Å². The van der Waals surface area contributed by atoms with Crippen LogP contribution in [0.1, 0.15) is 37.7 Å². The average Bonchev–Trinajstić information content (AvgIpc) is 2.42. The highest BCUT2D eigenvalue weighted by Crippen LogP contribution is 2.35. The Morgan fingerprint density at radius 2 is 1.95 bits per heavy atom. The minimum atomic E-state index is -0.810. The van der Waals surface area contributed by atoms with Gasteiger partial charge in [0.15, 0.2) is 0 Å². The second-order valence-corrected chi connectivity index (χ2v) is 5.61. The Morgan fingerprint density at radius 3 is 2.53 bits per heavy atom. The van der Waals surface area contributed by atoms with E-state index < -0.39 is 5.60 Å². The maximum atomic E-state index is 12.1. The van der Waals surface area contributed by atoms with E-state index in [1.807, 2.05) is 25.1 Å². The number of carbonyl (C=O) groups is 1. The van der Waals surface area contributed by atoms with E-state index in [-0.39, 0.29) is 5.97 Å². The minimum absolute atomic E-state index is 0.262. The number of ether oxygens (including phenoxy) is 2. The van der Waals surface area contributed by atoms with Crippen molar-refractivity contribution < 1.29 is 14.3 Å². The number of benzene rings is 1. The van der Waals surface area contributed by atoms with E-state index in [1.54, 1.807) is 0 Å². The second-order valence-electron chi connectivity index (χ2n) is 5.10. The molecule has 0 saturated heterocycles. The third-order valence-corrected chi connectivity index (χ3v) is 3.96. The first kappa shape index (κ1) is 14.3. The van der Waals surface area contributed by atoms with Gasteiger partial charge in [-0.05, 0) is 56.4 Å². The fourth-order valence-corrected chi connectivity index (χ4v) is 2.88. The zero-order valence-electron chi connectivity index (χ0n) is 11.4. The van der Waals surface area contributed by atoms with Crippen molar-refractivity contribution in [1.29, 1.82) is 0 Å². The Morgan fingerprint density at radius 1 is 1.26 bits per heavy atom. The van der Waals surface area contributed by atoms with Crippen molar-refractivity contribution in [2.45, 2.75) is 49.5 Å². The maximum absolute atomic E-state index is 12.1. The van der Waals surface area contributed by atoms with Gasteiger partial charge in [0, 0.05) is 4.90 Å². The molecule has 1 fully saturated rings. The maximum Gasteiger partial charge on any atom is 0.350 e. The monoisotopic (exact) mass is 280 g/mol. The molecule has 1 aliphatic carbocycles. The van der Waals surface area contributed by atoms with Crippen LogP contribution in [-0.2, 0) is 9.53 Å². The van der Waals surface area contributed by atoms with Crippen LogP contribution in [0.3, 0.4) is 0 Å². The van der Waals surface area contributed by atoms with Gasteiger partial charge in [0.25, 0.3) is 0 Å². The minimum Gasteiger partial charge on any atom is -0.475 e. The van der Waals surface area contributed by atoms with Crippen molar-refractivity contribution >= 4 is 18.6 Å². The number of hydrogen-bond donors (Lipinski definition) is 1. The zero-order valence-corrected chi connectivity index (χ0v) is 12.3. The summed E-state index contributed by atoms with van der Waals surface area (Å²) in [5.41, 5.74) is 0.178. The van der Waals surface area contributed by atoms with Crippen molar-refractivity contribution in [2.75, 3.05) is 7.11 Å². The van der Waals surface area contributed by atoms with Gasteiger partial charge in [-0.3, -0.25) is 0 Å². The summed E-state index contributed by atoms with van der Waals surface area (Å²) in [6.07, 6.45) is 4.59. The summed E-state index contributed by atoms with van der Waals surface area (Å²) in [4.78, 5) is 13.0. The van der Waals surface area contributed by atoms with Gasteiger partial charge in [0.1, 0.15) is 5.75 Å². The van der Waals surface area contributed by atoms with Gasteiger partial charge < -0.3 is 9.47 Å². The molecule has 0 radical (unpaired) electrons. The number of aryl methyl sites for hydroxylation is 1. The van der Waals surface area contributed by atoms with Gasteiger partial charge in [0.2, 0.25) is 5.60 Å². The number of carbonyl (C=O) groups excluding carboxylic acids is 1. The first-order valence-electron chi connectivity index (χ1n) is 6.64. The lowest BCUT2D eigenvalue weighted by Crippen LogP contribution is -2.47. The van der Waals surface area contributed by atoms with E-state index in [9.17, 15) is 4.79 Å². The number of hydrogen-bond acceptors (Lipinski definition) is 4. The highest BCUT2D eigenvalue weighted by Gasteiger charge is 2.43. The van der Waals surface area contributed by atoms with Gasteiger partial charge in [-0.15, -0.1) is 12.6 Å². The van der Waals surface area contributed by atoms with Gasteiger partial charge in [-0.1, -0.05) is 6.42 Å². The predicted octanol–water partition coefficient (Wildman–Crippen LogP) is 3.54. The second kappa shape index (κ2) is 5.87. The molecule has 0 atom stereocenters. The van der Waals surface area contributed by atoms with Crippen LogP contribution in [0.4, 0.5) is 0 Å². The summed E-state index contributed by atoms with van der Waals surface area (Å²) >= 11 is 4.30. The van der Waals surface area contributed by atoms with E-state index in [1.165, 1.54) is 7.11 Å². The summed E-state index contributed by atoms with van der Waals surface area (Å²) in [6, 6.07) is 5.68. The predicted molar refractivity (Wildman–Crippen MR) is 76.9 cm³/mol. The third kappa shape index (κ3) is 3.06. The van der Waals surface area contributed by atoms with Crippen LogP contribution in [0.25, 0.3) is 0 Å². The van der Waals surface area contributed by atoms with E-state index in [0.29, 0.717) is 0 Å². The van der Waals surface area contributed by atoms with Crippen molar-refractivity contribution in [3.63, 3.8) is 0 Å². The summed E-state index contributed by atoms with van der Waals surface area (Å²) in [7, 11) is 1.42. The average molecular weight is 280 g/mol. The quantitative estimate of drug-likeness (QED) is 0.679. The molecule has 1 aromatic carbocycles. The molecule has 1 saturated carbocycles. The largest absolute Gasteiger partial charge is 0.475 e. The Kier molecular flexibility index (Phi) is 4.40. The molecule has 19 heavy (non-hydrogen) atoms. The van der Waals surface area contributed by atoms with E-state index in [4.69, 9.17) is 9.47 Å². The molecule has 104 valence electrons. The summed E-state index contributed by atoms with van der Waals surface area (Å²) in [6.45, 7) is 1.96. The molecule has 0 aliphatic heterocycles. The molecule has 0 spiro atoms. The Labute approximate surface area is 119 Å². The third-order valence-electron chi connectivity index (χ3n) is 3.68. The Bertz CT molecular complexity index is 464. The van der Waals surface area contributed by atoms with Gasteiger partial charge in [-0.25, -0.2) is 4.79 Å². The molecule has 0 unspecified atom stereocenters. The fourth-order valence-electron chi connectivity index (χ4n) is 2.62. The standard InChI is InChI=1S/C15H20O3S/c1-11-10-12(19)6-7-13(11)18-15(14(16)17-2)8-4-3-5-9-15/h6-7,10,19H,3-5,8-9H2,1-2H3. The lowest BCUT2D eigenvalue weighted by molar-refractivity contribution is -0.162. The topological polar surface area (TPSA) is 35.5 Å². The zero-order chi connectivity index (χ0) is 13.9. The van der Waals surface area contributed by atoms with Crippen molar-refractivity contribution in [2.24, 2.45) is 0 Å². The van der Waals surface area contributed by atoms with E-state index in [2.05, 4.69) is 12.6 Å². The molecule has 0 amide bonds. The number of thiol groups is 1. The molecule has 0 bridgehead atoms. The lowest BCUT2D eigenvalue weighted by Gasteiger charge is -2.35. The van der Waals surface area contributed by atoms with Crippen LogP contribution in [0.15, 0.2) is 23.1 Å². The smallest absolute Gasteiger partial charge is 0.350 e. The van der Waals surface area contributed by atoms with Crippen LogP contribution in [0, 0.1) is 6.92 Å². The molecule has 2 rings (SSSR count). The molecule has 0 aromatic heterocycles. The molecule has 1 aliphatic rings. The van der Waals surface area contributed by atoms with Crippen LogP contribution in [-0.4, -0.2) is 18.7 Å². The molecule has 0 N–H and O–H groups in total. The van der Waals surface area contributed by atoms with Gasteiger partial charge in [-0.2, -0.15) is 0 Å². The van der Waals surface area contributed by atoms with Crippen LogP contribution >= 0.6 is 12.6 Å². The van der Waals surface area contributed by atoms with Crippen LogP contribution in [0.2, 0.25) is 0 Å². The van der Waals surface area contributed by atoms with Crippen molar-refractivity contribution in [3.8, 4) is 5.75 Å².